The Kier molecular flexibility index (Phi) is 5.26. The highest BCUT2D eigenvalue weighted by Gasteiger charge is 2.25. The molecular formula is C27H24N4O2S. The maximum absolute atomic E-state index is 13.5. The Morgan fingerprint density at radius 2 is 2.03 bits per heavy atom. The standard InChI is InChI=1S/C27H24N4O2S/c1-33-21-9-3-8-19(13-21)30-20-10-11-22-23(14-20)34-26-24(22)27(32)31(16-29-26)15-18-6-2-5-17-7-4-12-28-25(17)18/h2-9,12-13,16,20,30H,10-11,14-15H2,1H3. The van der Waals surface area contributed by atoms with Gasteiger partial charge in [0.25, 0.3) is 5.56 Å². The highest BCUT2D eigenvalue weighted by Crippen LogP contribution is 2.35. The van der Waals surface area contributed by atoms with Gasteiger partial charge in [0.15, 0.2) is 0 Å². The van der Waals surface area contributed by atoms with Crippen molar-refractivity contribution in [1.82, 2.24) is 14.5 Å². The van der Waals surface area contributed by atoms with Crippen LogP contribution in [0.25, 0.3) is 21.1 Å². The molecule has 0 bridgehead atoms. The Bertz CT molecular complexity index is 1570. The molecule has 6 nitrogen and oxygen atoms in total. The fourth-order valence-electron chi connectivity index (χ4n) is 4.86. The number of aryl methyl sites for hydroxylation is 1. The van der Waals surface area contributed by atoms with Gasteiger partial charge >= 0.3 is 0 Å². The van der Waals surface area contributed by atoms with Crippen molar-refractivity contribution in [2.24, 2.45) is 0 Å². The van der Waals surface area contributed by atoms with Gasteiger partial charge in [-0.25, -0.2) is 4.98 Å². The maximum Gasteiger partial charge on any atom is 0.262 e. The van der Waals surface area contributed by atoms with E-state index in [0.29, 0.717) is 12.6 Å². The first-order valence-corrected chi connectivity index (χ1v) is 12.2. The summed E-state index contributed by atoms with van der Waals surface area (Å²) in [5, 5.41) is 5.49. The van der Waals surface area contributed by atoms with Gasteiger partial charge in [0.1, 0.15) is 10.6 Å². The number of nitrogens with zero attached hydrogens (tertiary/aromatic N) is 3. The predicted molar refractivity (Wildman–Crippen MR) is 137 cm³/mol. The van der Waals surface area contributed by atoms with Crippen molar-refractivity contribution >= 4 is 38.1 Å². The molecule has 1 N–H and O–H groups in total. The van der Waals surface area contributed by atoms with Gasteiger partial charge in [-0.15, -0.1) is 11.3 Å². The average molecular weight is 469 g/mol. The highest BCUT2D eigenvalue weighted by molar-refractivity contribution is 7.18. The number of nitrogens with one attached hydrogen (secondary N) is 1. The quantitative estimate of drug-likeness (QED) is 0.392. The zero-order chi connectivity index (χ0) is 23.1. The van der Waals surface area contributed by atoms with Crippen molar-refractivity contribution in [3.63, 3.8) is 0 Å². The lowest BCUT2D eigenvalue weighted by Gasteiger charge is -2.24. The molecule has 2 aromatic carbocycles. The van der Waals surface area contributed by atoms with Crippen LogP contribution < -0.4 is 15.6 Å². The third kappa shape index (κ3) is 3.72. The monoisotopic (exact) mass is 468 g/mol. The van der Waals surface area contributed by atoms with Gasteiger partial charge < -0.3 is 10.1 Å². The van der Waals surface area contributed by atoms with E-state index >= 15 is 0 Å². The third-order valence-electron chi connectivity index (χ3n) is 6.53. The van der Waals surface area contributed by atoms with E-state index in [2.05, 4.69) is 21.4 Å². The molecule has 34 heavy (non-hydrogen) atoms. The van der Waals surface area contributed by atoms with E-state index in [1.165, 1.54) is 10.4 Å². The molecule has 1 aliphatic carbocycles. The molecular weight excluding hydrogens is 444 g/mol. The fourth-order valence-corrected chi connectivity index (χ4v) is 6.12. The van der Waals surface area contributed by atoms with Crippen molar-refractivity contribution in [3.8, 4) is 5.75 Å². The number of rotatable bonds is 5. The Balaban J connectivity index is 1.30. The molecule has 6 rings (SSSR count). The molecule has 0 radical (unpaired) electrons. The second-order valence-corrected chi connectivity index (χ2v) is 9.75. The Morgan fingerprint density at radius 3 is 2.94 bits per heavy atom. The lowest BCUT2D eigenvalue weighted by atomic mass is 9.93. The molecule has 170 valence electrons. The Morgan fingerprint density at radius 1 is 1.15 bits per heavy atom. The van der Waals surface area contributed by atoms with Gasteiger partial charge in [-0.2, -0.15) is 0 Å². The minimum absolute atomic E-state index is 0.0367. The number of pyridine rings is 1. The highest BCUT2D eigenvalue weighted by atomic mass is 32.1. The first kappa shape index (κ1) is 20.9. The van der Waals surface area contributed by atoms with E-state index in [1.807, 2.05) is 48.5 Å². The second-order valence-electron chi connectivity index (χ2n) is 8.67. The summed E-state index contributed by atoms with van der Waals surface area (Å²) in [6, 6.07) is 18.4. The summed E-state index contributed by atoms with van der Waals surface area (Å²) in [6.45, 7) is 0.459. The van der Waals surface area contributed by atoms with Gasteiger partial charge in [-0.3, -0.25) is 14.3 Å². The van der Waals surface area contributed by atoms with E-state index in [0.717, 1.165) is 57.4 Å². The number of hydrogen-bond acceptors (Lipinski definition) is 6. The lowest BCUT2D eigenvalue weighted by Crippen LogP contribution is -2.27. The molecule has 1 aliphatic rings. The summed E-state index contributed by atoms with van der Waals surface area (Å²) in [7, 11) is 1.68. The first-order chi connectivity index (χ1) is 16.7. The third-order valence-corrected chi connectivity index (χ3v) is 7.70. The zero-order valence-corrected chi connectivity index (χ0v) is 19.6. The molecule has 0 amide bonds. The SMILES string of the molecule is COc1cccc(NC2CCc3c(sc4ncn(Cc5cccc6cccnc56)c(=O)c34)C2)c1. The van der Waals surface area contributed by atoms with Gasteiger partial charge in [-0.05, 0) is 42.2 Å². The van der Waals surface area contributed by atoms with Crippen LogP contribution in [0.3, 0.4) is 0 Å². The van der Waals surface area contributed by atoms with Crippen LogP contribution in [0.1, 0.15) is 22.4 Å². The van der Waals surface area contributed by atoms with Gasteiger partial charge in [0.05, 0.1) is 30.9 Å². The lowest BCUT2D eigenvalue weighted by molar-refractivity contribution is 0.415. The first-order valence-electron chi connectivity index (χ1n) is 11.4. The molecule has 0 saturated carbocycles. The number of hydrogen-bond donors (Lipinski definition) is 1. The number of methoxy groups -OCH3 is 1. The molecule has 0 aliphatic heterocycles. The molecule has 3 heterocycles. The minimum atomic E-state index is 0.0367. The number of anilines is 1. The van der Waals surface area contributed by atoms with Crippen LogP contribution in [0.4, 0.5) is 5.69 Å². The van der Waals surface area contributed by atoms with Crippen molar-refractivity contribution < 1.29 is 4.74 Å². The van der Waals surface area contributed by atoms with Gasteiger partial charge in [0.2, 0.25) is 0 Å². The zero-order valence-electron chi connectivity index (χ0n) is 18.8. The molecule has 5 aromatic rings. The summed E-state index contributed by atoms with van der Waals surface area (Å²) in [5.41, 5.74) is 4.21. The van der Waals surface area contributed by atoms with Crippen LogP contribution in [-0.2, 0) is 19.4 Å². The van der Waals surface area contributed by atoms with Gasteiger partial charge in [-0.1, -0.05) is 30.3 Å². The van der Waals surface area contributed by atoms with E-state index in [4.69, 9.17) is 4.74 Å². The van der Waals surface area contributed by atoms with Crippen LogP contribution >= 0.6 is 11.3 Å². The Labute approximate surface area is 200 Å². The molecule has 0 saturated heterocycles. The largest absolute Gasteiger partial charge is 0.497 e. The molecule has 3 aromatic heterocycles. The Hall–Kier alpha value is -3.71. The maximum atomic E-state index is 13.5. The number of para-hydroxylation sites is 1. The van der Waals surface area contributed by atoms with Crippen molar-refractivity contribution in [3.05, 3.63) is 93.5 Å². The second kappa shape index (κ2) is 8.57. The number of fused-ring (bicyclic) bond motifs is 4. The summed E-state index contributed by atoms with van der Waals surface area (Å²) < 4.78 is 7.07. The predicted octanol–water partition coefficient (Wildman–Crippen LogP) is 5.03. The average Bonchev–Trinajstić information content (AvgIpc) is 3.24. The van der Waals surface area contributed by atoms with Crippen LogP contribution in [0, 0.1) is 0 Å². The van der Waals surface area contributed by atoms with Crippen LogP contribution in [0.5, 0.6) is 5.75 Å². The number of thiophene rings is 1. The summed E-state index contributed by atoms with van der Waals surface area (Å²) in [5.74, 6) is 0.842. The minimum Gasteiger partial charge on any atom is -0.497 e. The number of ether oxygens (including phenoxy) is 1. The number of benzene rings is 2. The van der Waals surface area contributed by atoms with Crippen LogP contribution in [0.2, 0.25) is 0 Å². The molecule has 0 spiro atoms. The topological polar surface area (TPSA) is 69.0 Å². The normalized spacial score (nSPS) is 15.4. The number of aromatic nitrogens is 3. The molecule has 1 unspecified atom stereocenters. The van der Waals surface area contributed by atoms with Crippen LogP contribution in [-0.4, -0.2) is 27.7 Å². The van der Waals surface area contributed by atoms with E-state index in [9.17, 15) is 4.79 Å². The van der Waals surface area contributed by atoms with Gasteiger partial charge in [0, 0.05) is 40.7 Å². The van der Waals surface area contributed by atoms with Crippen molar-refractivity contribution in [2.45, 2.75) is 31.8 Å². The molecule has 1 atom stereocenters. The van der Waals surface area contributed by atoms with Crippen LogP contribution in [0.15, 0.2) is 71.9 Å². The van der Waals surface area contributed by atoms with Crippen molar-refractivity contribution in [2.75, 3.05) is 12.4 Å². The summed E-state index contributed by atoms with van der Waals surface area (Å²) in [4.78, 5) is 24.8. The van der Waals surface area contributed by atoms with E-state index < -0.39 is 0 Å². The van der Waals surface area contributed by atoms with Crippen molar-refractivity contribution in [1.29, 1.82) is 0 Å². The molecule has 0 fully saturated rings. The van der Waals surface area contributed by atoms with E-state index in [-0.39, 0.29) is 5.56 Å². The summed E-state index contributed by atoms with van der Waals surface area (Å²) >= 11 is 1.65. The fraction of sp³-hybridized carbons (Fsp3) is 0.222. The van der Waals surface area contributed by atoms with E-state index in [1.54, 1.807) is 35.5 Å². The summed E-state index contributed by atoms with van der Waals surface area (Å²) in [6.07, 6.45) is 6.20. The molecule has 7 heteroatoms. The smallest absolute Gasteiger partial charge is 0.262 e.